The molecule has 1 saturated heterocycles. The van der Waals surface area contributed by atoms with Gasteiger partial charge in [-0.3, -0.25) is 9.69 Å². The summed E-state index contributed by atoms with van der Waals surface area (Å²) in [6.45, 7) is 3.76. The maximum Gasteiger partial charge on any atom is 0.238 e. The first-order valence-corrected chi connectivity index (χ1v) is 7.24. The minimum absolute atomic E-state index is 0.0103. The van der Waals surface area contributed by atoms with Crippen LogP contribution in [0, 0.1) is 0 Å². The number of hydrogen-bond acceptors (Lipinski definition) is 3. The molecule has 1 aliphatic rings. The van der Waals surface area contributed by atoms with Crippen molar-refractivity contribution in [1.29, 1.82) is 0 Å². The Morgan fingerprint density at radius 2 is 1.95 bits per heavy atom. The predicted molar refractivity (Wildman–Crippen MR) is 79.1 cm³/mol. The Bertz CT molecular complexity index is 435. The van der Waals surface area contributed by atoms with E-state index in [1.165, 1.54) is 0 Å². The van der Waals surface area contributed by atoms with Gasteiger partial charge in [-0.05, 0) is 44.0 Å². The van der Waals surface area contributed by atoms with E-state index in [0.29, 0.717) is 6.54 Å². The Balaban J connectivity index is 1.80. The number of carbonyl (C=O) groups excluding carboxylic acids is 1. The van der Waals surface area contributed by atoms with E-state index in [2.05, 4.69) is 26.1 Å². The average molecular weight is 327 g/mol. The van der Waals surface area contributed by atoms with Crippen LogP contribution in [-0.2, 0) is 4.79 Å². The van der Waals surface area contributed by atoms with Gasteiger partial charge in [-0.2, -0.15) is 0 Å². The highest BCUT2D eigenvalue weighted by Gasteiger charge is 2.27. The second-order valence-electron chi connectivity index (χ2n) is 5.33. The standard InChI is InChI=1S/C14H19BrN2O2/c1-14(19)6-8-17(9-7-14)10-13(18)16-12-4-2-11(15)3-5-12/h2-5,19H,6-10H2,1H3,(H,16,18). The van der Waals surface area contributed by atoms with Gasteiger partial charge in [0.25, 0.3) is 0 Å². The number of hydrogen-bond donors (Lipinski definition) is 2. The van der Waals surface area contributed by atoms with E-state index >= 15 is 0 Å². The molecule has 4 nitrogen and oxygen atoms in total. The van der Waals surface area contributed by atoms with Crippen LogP contribution in [0.4, 0.5) is 5.69 Å². The van der Waals surface area contributed by atoms with Crippen molar-refractivity contribution in [1.82, 2.24) is 4.90 Å². The van der Waals surface area contributed by atoms with E-state index < -0.39 is 5.60 Å². The first-order chi connectivity index (χ1) is 8.94. The van der Waals surface area contributed by atoms with Crippen molar-refractivity contribution in [2.75, 3.05) is 25.0 Å². The number of likely N-dealkylation sites (tertiary alicyclic amines) is 1. The van der Waals surface area contributed by atoms with Crippen LogP contribution in [-0.4, -0.2) is 41.1 Å². The SMILES string of the molecule is CC1(O)CCN(CC(=O)Nc2ccc(Br)cc2)CC1. The van der Waals surface area contributed by atoms with Gasteiger partial charge in [-0.25, -0.2) is 0 Å². The van der Waals surface area contributed by atoms with Gasteiger partial charge in [0.1, 0.15) is 0 Å². The Morgan fingerprint density at radius 3 is 2.53 bits per heavy atom. The Labute approximate surface area is 121 Å². The first kappa shape index (κ1) is 14.5. The summed E-state index contributed by atoms with van der Waals surface area (Å²) in [6, 6.07) is 7.52. The number of benzene rings is 1. The van der Waals surface area contributed by atoms with Crippen molar-refractivity contribution < 1.29 is 9.90 Å². The minimum Gasteiger partial charge on any atom is -0.390 e. The molecule has 2 rings (SSSR count). The van der Waals surface area contributed by atoms with Crippen molar-refractivity contribution in [3.63, 3.8) is 0 Å². The lowest BCUT2D eigenvalue weighted by molar-refractivity contribution is -0.118. The van der Waals surface area contributed by atoms with E-state index in [9.17, 15) is 9.90 Å². The fourth-order valence-corrected chi connectivity index (χ4v) is 2.39. The van der Waals surface area contributed by atoms with Gasteiger partial charge in [0.05, 0.1) is 12.1 Å². The Hall–Kier alpha value is -0.910. The highest BCUT2D eigenvalue weighted by atomic mass is 79.9. The van der Waals surface area contributed by atoms with Crippen LogP contribution in [0.2, 0.25) is 0 Å². The van der Waals surface area contributed by atoms with Crippen LogP contribution in [0.25, 0.3) is 0 Å². The molecule has 104 valence electrons. The lowest BCUT2D eigenvalue weighted by Crippen LogP contribution is -2.45. The molecule has 1 aromatic carbocycles. The number of amides is 1. The maximum atomic E-state index is 11.9. The number of aliphatic hydroxyl groups is 1. The highest BCUT2D eigenvalue weighted by molar-refractivity contribution is 9.10. The number of carbonyl (C=O) groups is 1. The largest absolute Gasteiger partial charge is 0.390 e. The van der Waals surface area contributed by atoms with Gasteiger partial charge in [0.15, 0.2) is 0 Å². The zero-order valence-electron chi connectivity index (χ0n) is 11.0. The normalized spacial score (nSPS) is 19.1. The molecular weight excluding hydrogens is 308 g/mol. The molecule has 0 spiro atoms. The molecular formula is C14H19BrN2O2. The molecule has 5 heteroatoms. The van der Waals surface area contributed by atoms with E-state index in [0.717, 1.165) is 36.1 Å². The van der Waals surface area contributed by atoms with Crippen molar-refractivity contribution in [3.8, 4) is 0 Å². The first-order valence-electron chi connectivity index (χ1n) is 6.45. The molecule has 0 atom stereocenters. The second-order valence-corrected chi connectivity index (χ2v) is 6.24. The van der Waals surface area contributed by atoms with Crippen LogP contribution in [0.3, 0.4) is 0 Å². The zero-order chi connectivity index (χ0) is 13.9. The van der Waals surface area contributed by atoms with Gasteiger partial charge < -0.3 is 10.4 Å². The quantitative estimate of drug-likeness (QED) is 0.895. The molecule has 1 aliphatic heterocycles. The highest BCUT2D eigenvalue weighted by Crippen LogP contribution is 2.21. The van der Waals surface area contributed by atoms with E-state index in [1.807, 2.05) is 31.2 Å². The third-order valence-corrected chi connectivity index (χ3v) is 3.96. The van der Waals surface area contributed by atoms with Crippen LogP contribution in [0.5, 0.6) is 0 Å². The molecule has 0 saturated carbocycles. The molecule has 1 heterocycles. The van der Waals surface area contributed by atoms with E-state index in [1.54, 1.807) is 0 Å². The predicted octanol–water partition coefficient (Wildman–Crippen LogP) is 2.23. The fourth-order valence-electron chi connectivity index (χ4n) is 2.13. The monoisotopic (exact) mass is 326 g/mol. The summed E-state index contributed by atoms with van der Waals surface area (Å²) in [5, 5.41) is 12.7. The molecule has 2 N–H and O–H groups in total. The summed E-state index contributed by atoms with van der Waals surface area (Å²) in [7, 11) is 0. The number of piperidine rings is 1. The van der Waals surface area contributed by atoms with Crippen molar-refractivity contribution in [3.05, 3.63) is 28.7 Å². The molecule has 0 aliphatic carbocycles. The summed E-state index contributed by atoms with van der Waals surface area (Å²) in [4.78, 5) is 14.0. The third-order valence-electron chi connectivity index (χ3n) is 3.43. The minimum atomic E-state index is -0.571. The van der Waals surface area contributed by atoms with Crippen molar-refractivity contribution in [2.45, 2.75) is 25.4 Å². The van der Waals surface area contributed by atoms with Gasteiger partial charge >= 0.3 is 0 Å². The molecule has 0 bridgehead atoms. The molecule has 1 amide bonds. The summed E-state index contributed by atoms with van der Waals surface area (Å²) >= 11 is 3.36. The molecule has 0 aromatic heterocycles. The topological polar surface area (TPSA) is 52.6 Å². The third kappa shape index (κ3) is 4.60. The van der Waals surface area contributed by atoms with Gasteiger partial charge in [0, 0.05) is 23.2 Å². The summed E-state index contributed by atoms with van der Waals surface area (Å²) < 4.78 is 0.990. The summed E-state index contributed by atoms with van der Waals surface area (Å²) in [6.07, 6.45) is 1.44. The molecule has 19 heavy (non-hydrogen) atoms. The Morgan fingerprint density at radius 1 is 1.37 bits per heavy atom. The Kier molecular flexibility index (Phi) is 4.60. The summed E-state index contributed by atoms with van der Waals surface area (Å²) in [5.41, 5.74) is 0.232. The number of rotatable bonds is 3. The summed E-state index contributed by atoms with van der Waals surface area (Å²) in [5.74, 6) is -0.0103. The van der Waals surface area contributed by atoms with E-state index in [4.69, 9.17) is 0 Å². The maximum absolute atomic E-state index is 11.9. The van der Waals surface area contributed by atoms with E-state index in [-0.39, 0.29) is 5.91 Å². The van der Waals surface area contributed by atoms with Gasteiger partial charge in [-0.1, -0.05) is 15.9 Å². The average Bonchev–Trinajstić information content (AvgIpc) is 2.35. The zero-order valence-corrected chi connectivity index (χ0v) is 12.6. The number of anilines is 1. The van der Waals surface area contributed by atoms with Crippen LogP contribution in [0.15, 0.2) is 28.7 Å². The van der Waals surface area contributed by atoms with Crippen LogP contribution >= 0.6 is 15.9 Å². The molecule has 0 radical (unpaired) electrons. The second kappa shape index (κ2) is 6.03. The molecule has 1 fully saturated rings. The lowest BCUT2D eigenvalue weighted by atomic mass is 9.94. The lowest BCUT2D eigenvalue weighted by Gasteiger charge is -2.35. The van der Waals surface area contributed by atoms with Gasteiger partial charge in [0.2, 0.25) is 5.91 Å². The molecule has 1 aromatic rings. The smallest absolute Gasteiger partial charge is 0.238 e. The van der Waals surface area contributed by atoms with Crippen LogP contribution < -0.4 is 5.32 Å². The molecule has 0 unspecified atom stereocenters. The van der Waals surface area contributed by atoms with Crippen LogP contribution in [0.1, 0.15) is 19.8 Å². The number of halogens is 1. The fraction of sp³-hybridized carbons (Fsp3) is 0.500. The van der Waals surface area contributed by atoms with Crippen molar-refractivity contribution in [2.24, 2.45) is 0 Å². The number of nitrogens with zero attached hydrogens (tertiary/aromatic N) is 1. The number of nitrogens with one attached hydrogen (secondary N) is 1. The van der Waals surface area contributed by atoms with Gasteiger partial charge in [-0.15, -0.1) is 0 Å². The van der Waals surface area contributed by atoms with Crippen molar-refractivity contribution >= 4 is 27.5 Å².